The molecule has 0 fully saturated rings. The highest BCUT2D eigenvalue weighted by Gasteiger charge is 2.08. The largest absolute Gasteiger partial charge is 0.425 e. The van der Waals surface area contributed by atoms with E-state index in [4.69, 9.17) is 10.2 Å². The van der Waals surface area contributed by atoms with Gasteiger partial charge in [-0.1, -0.05) is 20.3 Å². The van der Waals surface area contributed by atoms with Gasteiger partial charge >= 0.3 is 0 Å². The highest BCUT2D eigenvalue weighted by Crippen LogP contribution is 2.10. The van der Waals surface area contributed by atoms with Crippen LogP contribution in [0.1, 0.15) is 32.0 Å². The molecule has 0 aliphatic heterocycles. The van der Waals surface area contributed by atoms with Crippen LogP contribution in [0.15, 0.2) is 4.42 Å². The maximum atomic E-state index is 5.39. The van der Waals surface area contributed by atoms with Crippen LogP contribution in [0, 0.1) is 5.92 Å². The van der Waals surface area contributed by atoms with E-state index in [9.17, 15) is 0 Å². The van der Waals surface area contributed by atoms with Gasteiger partial charge < -0.3 is 10.2 Å². The van der Waals surface area contributed by atoms with E-state index in [0.29, 0.717) is 24.8 Å². The Morgan fingerprint density at radius 2 is 2.08 bits per heavy atom. The summed E-state index contributed by atoms with van der Waals surface area (Å²) < 4.78 is 5.39. The molecule has 0 aliphatic rings. The molecule has 0 saturated carbocycles. The molecule has 4 heteroatoms. The van der Waals surface area contributed by atoms with Gasteiger partial charge in [0.25, 0.3) is 0 Å². The standard InChI is InChI=1S/C9H17N3O/c1-3-7(2)6-9-12-11-8(13-9)4-5-10/h7H,3-6,10H2,1-2H3. The van der Waals surface area contributed by atoms with Crippen LogP contribution in [-0.4, -0.2) is 16.7 Å². The summed E-state index contributed by atoms with van der Waals surface area (Å²) in [5.74, 6) is 1.99. The van der Waals surface area contributed by atoms with E-state index in [1.807, 2.05) is 0 Å². The quantitative estimate of drug-likeness (QED) is 0.744. The predicted molar refractivity (Wildman–Crippen MR) is 50.2 cm³/mol. The lowest BCUT2D eigenvalue weighted by molar-refractivity contribution is 0.412. The second kappa shape index (κ2) is 4.97. The highest BCUT2D eigenvalue weighted by molar-refractivity contribution is 4.83. The molecule has 0 saturated heterocycles. The SMILES string of the molecule is CCC(C)Cc1nnc(CCN)o1. The number of hydrogen-bond donors (Lipinski definition) is 1. The zero-order chi connectivity index (χ0) is 9.68. The van der Waals surface area contributed by atoms with Crippen LogP contribution in [0.4, 0.5) is 0 Å². The van der Waals surface area contributed by atoms with Crippen molar-refractivity contribution in [1.29, 1.82) is 0 Å². The molecule has 2 N–H and O–H groups in total. The van der Waals surface area contributed by atoms with Gasteiger partial charge in [-0.3, -0.25) is 0 Å². The molecule has 1 heterocycles. The molecule has 0 spiro atoms. The lowest BCUT2D eigenvalue weighted by atomic mass is 10.1. The van der Waals surface area contributed by atoms with Gasteiger partial charge in [-0.15, -0.1) is 10.2 Å². The Kier molecular flexibility index (Phi) is 3.89. The summed E-state index contributed by atoms with van der Waals surface area (Å²) in [6.07, 6.45) is 2.68. The van der Waals surface area contributed by atoms with Crippen LogP contribution < -0.4 is 5.73 Å². The van der Waals surface area contributed by atoms with Crippen molar-refractivity contribution in [2.45, 2.75) is 33.1 Å². The lowest BCUT2D eigenvalue weighted by Crippen LogP contribution is -2.02. The minimum absolute atomic E-state index is 0.560. The normalized spacial score (nSPS) is 13.2. The molecule has 1 unspecified atom stereocenters. The molecule has 1 rings (SSSR count). The van der Waals surface area contributed by atoms with Crippen molar-refractivity contribution in [3.63, 3.8) is 0 Å². The van der Waals surface area contributed by atoms with Crippen molar-refractivity contribution in [3.8, 4) is 0 Å². The van der Waals surface area contributed by atoms with Crippen LogP contribution in [0.2, 0.25) is 0 Å². The van der Waals surface area contributed by atoms with Gasteiger partial charge in [0.15, 0.2) is 0 Å². The van der Waals surface area contributed by atoms with Crippen LogP contribution in [0.3, 0.4) is 0 Å². The Bertz CT molecular complexity index is 247. The number of nitrogens with zero attached hydrogens (tertiary/aromatic N) is 2. The van der Waals surface area contributed by atoms with Crippen LogP contribution in [-0.2, 0) is 12.8 Å². The third-order valence-corrected chi connectivity index (χ3v) is 2.09. The van der Waals surface area contributed by atoms with Gasteiger partial charge in [0.05, 0.1) is 0 Å². The monoisotopic (exact) mass is 183 g/mol. The summed E-state index contributed by atoms with van der Waals surface area (Å²) in [4.78, 5) is 0. The molecule has 1 aromatic heterocycles. The van der Waals surface area contributed by atoms with Crippen molar-refractivity contribution in [2.75, 3.05) is 6.54 Å². The predicted octanol–water partition coefficient (Wildman–Crippen LogP) is 1.16. The van der Waals surface area contributed by atoms with E-state index >= 15 is 0 Å². The molecule has 1 atom stereocenters. The van der Waals surface area contributed by atoms with Crippen molar-refractivity contribution in [3.05, 3.63) is 11.8 Å². The Hall–Kier alpha value is -0.900. The number of rotatable bonds is 5. The third kappa shape index (κ3) is 3.14. The summed E-state index contributed by atoms with van der Waals surface area (Å²) in [7, 11) is 0. The topological polar surface area (TPSA) is 64.9 Å². The van der Waals surface area contributed by atoms with Gasteiger partial charge in [0.1, 0.15) is 0 Å². The van der Waals surface area contributed by atoms with Crippen molar-refractivity contribution in [1.82, 2.24) is 10.2 Å². The highest BCUT2D eigenvalue weighted by atomic mass is 16.4. The fourth-order valence-electron chi connectivity index (χ4n) is 1.04. The zero-order valence-electron chi connectivity index (χ0n) is 8.29. The fraction of sp³-hybridized carbons (Fsp3) is 0.778. The van der Waals surface area contributed by atoms with E-state index < -0.39 is 0 Å². The van der Waals surface area contributed by atoms with E-state index in [1.165, 1.54) is 0 Å². The van der Waals surface area contributed by atoms with Crippen LogP contribution >= 0.6 is 0 Å². The van der Waals surface area contributed by atoms with Gasteiger partial charge in [-0.2, -0.15) is 0 Å². The van der Waals surface area contributed by atoms with E-state index in [2.05, 4.69) is 24.0 Å². The molecular weight excluding hydrogens is 166 g/mol. The fourth-order valence-corrected chi connectivity index (χ4v) is 1.04. The van der Waals surface area contributed by atoms with Gasteiger partial charge in [0, 0.05) is 19.4 Å². The van der Waals surface area contributed by atoms with Gasteiger partial charge in [0.2, 0.25) is 11.8 Å². The molecule has 0 aromatic carbocycles. The lowest BCUT2D eigenvalue weighted by Gasteiger charge is -2.02. The first-order chi connectivity index (χ1) is 6.26. The first-order valence-electron chi connectivity index (χ1n) is 4.77. The summed E-state index contributed by atoms with van der Waals surface area (Å²) >= 11 is 0. The third-order valence-electron chi connectivity index (χ3n) is 2.09. The van der Waals surface area contributed by atoms with E-state index in [0.717, 1.165) is 18.7 Å². The Morgan fingerprint density at radius 3 is 2.69 bits per heavy atom. The molecular formula is C9H17N3O. The Morgan fingerprint density at radius 1 is 1.38 bits per heavy atom. The zero-order valence-corrected chi connectivity index (χ0v) is 8.29. The first kappa shape index (κ1) is 10.2. The molecule has 0 amide bonds. The minimum atomic E-state index is 0.560. The molecule has 74 valence electrons. The van der Waals surface area contributed by atoms with Gasteiger partial charge in [-0.25, -0.2) is 0 Å². The first-order valence-corrected chi connectivity index (χ1v) is 4.77. The number of nitrogens with two attached hydrogens (primary N) is 1. The second-order valence-electron chi connectivity index (χ2n) is 3.35. The molecule has 0 radical (unpaired) electrons. The maximum absolute atomic E-state index is 5.39. The average molecular weight is 183 g/mol. The molecule has 4 nitrogen and oxygen atoms in total. The second-order valence-corrected chi connectivity index (χ2v) is 3.35. The molecule has 1 aromatic rings. The number of hydrogen-bond acceptors (Lipinski definition) is 4. The van der Waals surface area contributed by atoms with Crippen molar-refractivity contribution < 1.29 is 4.42 Å². The molecule has 13 heavy (non-hydrogen) atoms. The minimum Gasteiger partial charge on any atom is -0.425 e. The summed E-state index contributed by atoms with van der Waals surface area (Å²) in [6, 6.07) is 0. The van der Waals surface area contributed by atoms with Crippen LogP contribution in [0.25, 0.3) is 0 Å². The van der Waals surface area contributed by atoms with Crippen molar-refractivity contribution >= 4 is 0 Å². The van der Waals surface area contributed by atoms with E-state index in [-0.39, 0.29) is 0 Å². The number of aromatic nitrogens is 2. The average Bonchev–Trinajstić information content (AvgIpc) is 2.53. The maximum Gasteiger partial charge on any atom is 0.217 e. The summed E-state index contributed by atoms with van der Waals surface area (Å²) in [6.45, 7) is 4.89. The van der Waals surface area contributed by atoms with E-state index in [1.54, 1.807) is 0 Å². The smallest absolute Gasteiger partial charge is 0.217 e. The summed E-state index contributed by atoms with van der Waals surface area (Å²) in [5, 5.41) is 7.85. The molecule has 0 aliphatic carbocycles. The Balaban J connectivity index is 2.48. The van der Waals surface area contributed by atoms with Gasteiger partial charge in [-0.05, 0) is 5.92 Å². The van der Waals surface area contributed by atoms with Crippen LogP contribution in [0.5, 0.6) is 0 Å². The molecule has 0 bridgehead atoms. The van der Waals surface area contributed by atoms with Crippen molar-refractivity contribution in [2.24, 2.45) is 11.7 Å². The summed E-state index contributed by atoms with van der Waals surface area (Å²) in [5.41, 5.74) is 5.37. The Labute approximate surface area is 78.5 Å².